The van der Waals surface area contributed by atoms with Gasteiger partial charge in [-0.15, -0.1) is 0 Å². The van der Waals surface area contributed by atoms with Crippen LogP contribution < -0.4 is 10.6 Å². The Balaban J connectivity index is 1.81. The van der Waals surface area contributed by atoms with Crippen molar-refractivity contribution in [3.8, 4) is 0 Å². The quantitative estimate of drug-likeness (QED) is 0.120. The zero-order valence-corrected chi connectivity index (χ0v) is 21.7. The van der Waals surface area contributed by atoms with E-state index in [1.807, 2.05) is 0 Å². The molecule has 11 N–H and O–H groups in total. The second-order valence-corrected chi connectivity index (χ2v) is 9.81. The highest BCUT2D eigenvalue weighted by Crippen LogP contribution is 2.32. The molecule has 18 heteroatoms. The maximum atomic E-state index is 11.7. The predicted octanol–water partition coefficient (Wildman–Crippen LogP) is -7.29. The number of amides is 2. The van der Waals surface area contributed by atoms with Gasteiger partial charge in [0, 0.05) is 13.8 Å². The average Bonchev–Trinajstić information content (AvgIpc) is 2.90. The molecule has 3 aliphatic heterocycles. The zero-order valence-electron chi connectivity index (χ0n) is 21.7. The van der Waals surface area contributed by atoms with E-state index in [0.29, 0.717) is 0 Å². The maximum absolute atomic E-state index is 11.7. The third kappa shape index (κ3) is 7.05. The topological polar surface area (TPSA) is 286 Å². The fourth-order valence-electron chi connectivity index (χ4n) is 4.86. The van der Waals surface area contributed by atoms with Crippen LogP contribution in [0.5, 0.6) is 0 Å². The Morgan fingerprint density at radius 1 is 0.600 bits per heavy atom. The van der Waals surface area contributed by atoms with Gasteiger partial charge < -0.3 is 80.3 Å². The van der Waals surface area contributed by atoms with Gasteiger partial charge in [-0.25, -0.2) is 0 Å². The van der Waals surface area contributed by atoms with Gasteiger partial charge in [-0.05, 0) is 0 Å². The number of hydrogen-bond acceptors (Lipinski definition) is 16. The van der Waals surface area contributed by atoms with Crippen molar-refractivity contribution in [2.24, 2.45) is 0 Å². The first-order valence-corrected chi connectivity index (χ1v) is 12.6. The van der Waals surface area contributed by atoms with Gasteiger partial charge in [0.2, 0.25) is 11.8 Å². The predicted molar refractivity (Wildman–Crippen MR) is 124 cm³/mol. The summed E-state index contributed by atoms with van der Waals surface area (Å²) in [6, 6.07) is -2.80. The van der Waals surface area contributed by atoms with E-state index in [1.165, 1.54) is 0 Å². The lowest BCUT2D eigenvalue weighted by Crippen LogP contribution is -2.69. The number of carbonyl (C=O) groups excluding carboxylic acids is 2. The molecule has 3 aliphatic rings. The summed E-state index contributed by atoms with van der Waals surface area (Å²) < 4.78 is 27.5. The Morgan fingerprint density at radius 3 is 1.65 bits per heavy atom. The molecule has 0 spiro atoms. The minimum Gasteiger partial charge on any atom is -0.394 e. The number of aliphatic hydroxyl groups is 9. The van der Waals surface area contributed by atoms with Gasteiger partial charge in [0.25, 0.3) is 0 Å². The first-order valence-electron chi connectivity index (χ1n) is 12.6. The van der Waals surface area contributed by atoms with Crippen LogP contribution in [0.25, 0.3) is 0 Å². The summed E-state index contributed by atoms with van der Waals surface area (Å²) in [6.07, 6.45) is -21.2. The second-order valence-electron chi connectivity index (χ2n) is 9.81. The molecule has 3 rings (SSSR count). The van der Waals surface area contributed by atoms with E-state index in [4.69, 9.17) is 23.7 Å². The molecule has 40 heavy (non-hydrogen) atoms. The molecule has 0 aromatic rings. The van der Waals surface area contributed by atoms with Gasteiger partial charge in [-0.3, -0.25) is 9.59 Å². The SMILES string of the molecule is CC(=O)N[C@@H]1[C@@H](O[C@@H]2O[C@H](CO)[C@H](O[C@@H]3O[C@H](CO)[C@H](O)[C@H](O)[C@H]3NC(C)=O)[C@H](O)[C@H]2O)[C@H](O)[C@@H](CO)O[C@H]1O. The van der Waals surface area contributed by atoms with Crippen LogP contribution in [-0.2, 0) is 33.3 Å². The largest absolute Gasteiger partial charge is 0.394 e. The molecule has 0 aromatic heterocycles. The summed E-state index contributed by atoms with van der Waals surface area (Å²) in [5, 5.41) is 96.9. The summed E-state index contributed by atoms with van der Waals surface area (Å²) in [6.45, 7) is -0.101. The summed E-state index contributed by atoms with van der Waals surface area (Å²) in [5.41, 5.74) is 0. The number of nitrogens with one attached hydrogen (secondary N) is 2. The van der Waals surface area contributed by atoms with Gasteiger partial charge in [0.05, 0.1) is 19.8 Å². The zero-order chi connectivity index (χ0) is 29.9. The molecule has 0 saturated carbocycles. The van der Waals surface area contributed by atoms with E-state index < -0.39 is 124 Å². The van der Waals surface area contributed by atoms with Crippen molar-refractivity contribution < 1.29 is 79.2 Å². The second kappa shape index (κ2) is 14.0. The molecule has 0 radical (unpaired) electrons. The Kier molecular flexibility index (Phi) is 11.5. The van der Waals surface area contributed by atoms with E-state index in [1.54, 1.807) is 0 Å². The molecule has 232 valence electrons. The highest BCUT2D eigenvalue weighted by atomic mass is 16.7. The highest BCUT2D eigenvalue weighted by molar-refractivity contribution is 5.73. The van der Waals surface area contributed by atoms with Crippen molar-refractivity contribution in [3.05, 3.63) is 0 Å². The normalized spacial score (nSPS) is 46.0. The molecule has 3 fully saturated rings. The molecular weight excluding hydrogens is 548 g/mol. The lowest BCUT2D eigenvalue weighted by atomic mass is 9.94. The van der Waals surface area contributed by atoms with Crippen LogP contribution in [0.4, 0.5) is 0 Å². The van der Waals surface area contributed by atoms with Crippen LogP contribution in [0.2, 0.25) is 0 Å². The molecule has 0 aliphatic carbocycles. The molecule has 0 bridgehead atoms. The Morgan fingerprint density at radius 2 is 1.10 bits per heavy atom. The van der Waals surface area contributed by atoms with E-state index >= 15 is 0 Å². The van der Waals surface area contributed by atoms with E-state index in [-0.39, 0.29) is 0 Å². The highest BCUT2D eigenvalue weighted by Gasteiger charge is 2.54. The first-order chi connectivity index (χ1) is 18.8. The standard InChI is InChI=1S/C22H38N2O16/c1-6(28)23-11-15(32)13(30)8(3-25)37-21(11)39-18-10(5-27)38-22(17(34)16(18)33)40-19-12(24-7(2)29)20(35)36-9(4-26)14(19)31/h8-22,25-27,30-35H,3-5H2,1-2H3,(H,23,28)(H,24,29)/t8-,9-,10-,11-,12-,13+,14-,15-,16-,17-,18+,19-,20-,21+,22+/m1/s1. The monoisotopic (exact) mass is 586 g/mol. The molecule has 18 nitrogen and oxygen atoms in total. The van der Waals surface area contributed by atoms with Gasteiger partial charge in [-0.1, -0.05) is 0 Å². The van der Waals surface area contributed by atoms with Crippen molar-refractivity contribution in [1.29, 1.82) is 0 Å². The molecule has 3 saturated heterocycles. The van der Waals surface area contributed by atoms with Gasteiger partial charge in [0.1, 0.15) is 73.1 Å². The Bertz CT molecular complexity index is 852. The van der Waals surface area contributed by atoms with Crippen molar-refractivity contribution in [2.45, 2.75) is 106 Å². The number of carbonyl (C=O) groups is 2. The van der Waals surface area contributed by atoms with E-state index in [9.17, 15) is 55.5 Å². The minimum absolute atomic E-state index is 0.641. The third-order valence-corrected chi connectivity index (χ3v) is 6.90. The molecular formula is C22H38N2O16. The van der Waals surface area contributed by atoms with Gasteiger partial charge in [0.15, 0.2) is 18.9 Å². The molecule has 0 unspecified atom stereocenters. The van der Waals surface area contributed by atoms with Crippen LogP contribution in [0, 0.1) is 0 Å². The molecule has 3 heterocycles. The minimum atomic E-state index is -1.95. The Hall–Kier alpha value is -1.62. The van der Waals surface area contributed by atoms with Crippen LogP contribution in [0.3, 0.4) is 0 Å². The van der Waals surface area contributed by atoms with E-state index in [2.05, 4.69) is 10.6 Å². The van der Waals surface area contributed by atoms with Crippen LogP contribution in [0.15, 0.2) is 0 Å². The van der Waals surface area contributed by atoms with Crippen molar-refractivity contribution in [1.82, 2.24) is 10.6 Å². The van der Waals surface area contributed by atoms with Crippen LogP contribution in [-0.4, -0.2) is 170 Å². The van der Waals surface area contributed by atoms with Crippen LogP contribution >= 0.6 is 0 Å². The summed E-state index contributed by atoms with van der Waals surface area (Å²) in [7, 11) is 0. The smallest absolute Gasteiger partial charge is 0.217 e. The van der Waals surface area contributed by atoms with Crippen molar-refractivity contribution in [3.63, 3.8) is 0 Å². The van der Waals surface area contributed by atoms with E-state index in [0.717, 1.165) is 13.8 Å². The van der Waals surface area contributed by atoms with Gasteiger partial charge >= 0.3 is 0 Å². The van der Waals surface area contributed by atoms with Crippen LogP contribution in [0.1, 0.15) is 13.8 Å². The van der Waals surface area contributed by atoms with Crippen molar-refractivity contribution >= 4 is 11.8 Å². The summed E-state index contributed by atoms with van der Waals surface area (Å²) >= 11 is 0. The summed E-state index contributed by atoms with van der Waals surface area (Å²) in [5.74, 6) is -1.28. The fraction of sp³-hybridized carbons (Fsp3) is 0.909. The Labute approximate surface area is 228 Å². The van der Waals surface area contributed by atoms with Crippen molar-refractivity contribution in [2.75, 3.05) is 19.8 Å². The number of rotatable bonds is 9. The number of hydrogen-bond donors (Lipinski definition) is 11. The lowest BCUT2D eigenvalue weighted by Gasteiger charge is -2.49. The van der Waals surface area contributed by atoms with Gasteiger partial charge in [-0.2, -0.15) is 0 Å². The fourth-order valence-corrected chi connectivity index (χ4v) is 4.86. The number of ether oxygens (including phenoxy) is 5. The maximum Gasteiger partial charge on any atom is 0.217 e. The molecule has 2 amide bonds. The third-order valence-electron chi connectivity index (χ3n) is 6.90. The first kappa shape index (κ1) is 32.9. The average molecular weight is 587 g/mol. The molecule has 15 atom stereocenters. The molecule has 0 aromatic carbocycles. The number of aliphatic hydroxyl groups excluding tert-OH is 9. The summed E-state index contributed by atoms with van der Waals surface area (Å²) in [4.78, 5) is 23.3. The lowest BCUT2D eigenvalue weighted by molar-refractivity contribution is -0.364.